The van der Waals surface area contributed by atoms with E-state index < -0.39 is 0 Å². The fourth-order valence-electron chi connectivity index (χ4n) is 1.90. The van der Waals surface area contributed by atoms with Gasteiger partial charge in [0.1, 0.15) is 11.0 Å². The summed E-state index contributed by atoms with van der Waals surface area (Å²) in [5.41, 5.74) is 2.88. The Hall–Kier alpha value is -1.33. The van der Waals surface area contributed by atoms with Crippen LogP contribution in [0.25, 0.3) is 0 Å². The van der Waals surface area contributed by atoms with Gasteiger partial charge in [-0.25, -0.2) is 10.8 Å². The van der Waals surface area contributed by atoms with E-state index in [2.05, 4.69) is 24.3 Å². The maximum Gasteiger partial charge on any atom is 0.254 e. The van der Waals surface area contributed by atoms with Crippen LogP contribution >= 0.6 is 11.6 Å². The number of hydrogen-bond acceptors (Lipinski definition) is 4. The van der Waals surface area contributed by atoms with Gasteiger partial charge in [-0.05, 0) is 25.0 Å². The van der Waals surface area contributed by atoms with Crippen molar-refractivity contribution in [2.24, 2.45) is 5.84 Å². The molecule has 1 aromatic heterocycles. The molecule has 0 atom stereocenters. The van der Waals surface area contributed by atoms with E-state index in [1.165, 1.54) is 0 Å². The van der Waals surface area contributed by atoms with E-state index in [-0.39, 0.29) is 17.1 Å². The molecule has 1 aromatic rings. The average Bonchev–Trinajstić information content (AvgIpc) is 2.38. The monoisotopic (exact) mass is 270 g/mol. The molecule has 1 rings (SSSR count). The van der Waals surface area contributed by atoms with E-state index in [0.717, 1.165) is 12.8 Å². The highest BCUT2D eigenvalue weighted by molar-refractivity contribution is 6.29. The Labute approximate surface area is 112 Å². The van der Waals surface area contributed by atoms with Gasteiger partial charge in [-0.2, -0.15) is 0 Å². The molecule has 1 amide bonds. The molecule has 6 heteroatoms. The second-order valence-corrected chi connectivity index (χ2v) is 4.48. The molecule has 0 fully saturated rings. The number of hydrogen-bond donors (Lipinski definition) is 2. The van der Waals surface area contributed by atoms with E-state index in [4.69, 9.17) is 17.4 Å². The summed E-state index contributed by atoms with van der Waals surface area (Å²) in [5.74, 6) is 5.58. The first-order valence-corrected chi connectivity index (χ1v) is 6.32. The first-order valence-electron chi connectivity index (χ1n) is 5.94. The van der Waals surface area contributed by atoms with Crippen LogP contribution in [-0.4, -0.2) is 28.9 Å². The minimum absolute atomic E-state index is 0.0792. The Morgan fingerprint density at radius 2 is 2.11 bits per heavy atom. The van der Waals surface area contributed by atoms with Crippen molar-refractivity contribution in [1.29, 1.82) is 0 Å². The lowest BCUT2D eigenvalue weighted by Crippen LogP contribution is -2.36. The molecule has 0 saturated carbocycles. The third kappa shape index (κ3) is 3.34. The molecule has 3 N–H and O–H groups in total. The Morgan fingerprint density at radius 1 is 1.50 bits per heavy atom. The van der Waals surface area contributed by atoms with Crippen LogP contribution in [-0.2, 0) is 0 Å². The van der Waals surface area contributed by atoms with Gasteiger partial charge in [0, 0.05) is 18.7 Å². The number of nitrogen functional groups attached to an aromatic ring is 1. The zero-order chi connectivity index (χ0) is 13.7. The Bertz CT molecular complexity index is 421. The highest BCUT2D eigenvalue weighted by Crippen LogP contribution is 2.17. The van der Waals surface area contributed by atoms with Gasteiger partial charge in [-0.3, -0.25) is 4.79 Å². The smallest absolute Gasteiger partial charge is 0.254 e. The van der Waals surface area contributed by atoms with Crippen LogP contribution in [0.4, 0.5) is 5.82 Å². The van der Waals surface area contributed by atoms with Crippen LogP contribution in [0.2, 0.25) is 5.15 Å². The molecular weight excluding hydrogens is 252 g/mol. The number of carbonyl (C=O) groups excluding carboxylic acids is 1. The molecule has 0 aliphatic rings. The highest BCUT2D eigenvalue weighted by Gasteiger charge is 2.19. The molecule has 1 heterocycles. The minimum Gasteiger partial charge on any atom is -0.339 e. The van der Waals surface area contributed by atoms with Gasteiger partial charge >= 0.3 is 0 Å². The molecule has 0 saturated heterocycles. The summed E-state index contributed by atoms with van der Waals surface area (Å²) >= 11 is 5.85. The number of rotatable bonds is 5. The van der Waals surface area contributed by atoms with Gasteiger partial charge in [-0.15, -0.1) is 0 Å². The van der Waals surface area contributed by atoms with Crippen molar-refractivity contribution in [3.05, 3.63) is 22.8 Å². The van der Waals surface area contributed by atoms with Crippen LogP contribution in [0.3, 0.4) is 0 Å². The quantitative estimate of drug-likeness (QED) is 0.489. The van der Waals surface area contributed by atoms with Gasteiger partial charge in [-0.1, -0.05) is 25.4 Å². The van der Waals surface area contributed by atoms with Crippen LogP contribution in [0, 0.1) is 0 Å². The number of carbonyl (C=O) groups is 1. The molecule has 0 unspecified atom stereocenters. The van der Waals surface area contributed by atoms with Crippen molar-refractivity contribution < 1.29 is 4.79 Å². The summed E-state index contributed by atoms with van der Waals surface area (Å²) in [6.45, 7) is 4.12. The Morgan fingerprint density at radius 3 is 2.61 bits per heavy atom. The topological polar surface area (TPSA) is 71.2 Å². The third-order valence-electron chi connectivity index (χ3n) is 3.00. The van der Waals surface area contributed by atoms with E-state index >= 15 is 0 Å². The first-order chi connectivity index (χ1) is 8.53. The predicted octanol–water partition coefficient (Wildman–Crippen LogP) is 2.28. The summed E-state index contributed by atoms with van der Waals surface area (Å²) in [6, 6.07) is 3.36. The number of nitrogens with two attached hydrogens (primary N) is 1. The fraction of sp³-hybridized carbons (Fsp3) is 0.500. The molecule has 0 spiro atoms. The molecule has 0 radical (unpaired) electrons. The predicted molar refractivity (Wildman–Crippen MR) is 73.5 cm³/mol. The molecular formula is C12H19ClN4O. The number of anilines is 1. The normalized spacial score (nSPS) is 10.6. The Balaban J connectivity index is 2.99. The standard InChI is InChI=1S/C12H19ClN4O/c1-4-9(5-2)17(3)12(18)8-6-10(13)15-11(7-8)16-14/h6-7,9H,4-5,14H2,1-3H3,(H,15,16). The van der Waals surface area contributed by atoms with E-state index in [0.29, 0.717) is 11.4 Å². The molecule has 18 heavy (non-hydrogen) atoms. The highest BCUT2D eigenvalue weighted by atomic mass is 35.5. The summed E-state index contributed by atoms with van der Waals surface area (Å²) in [6.07, 6.45) is 1.83. The van der Waals surface area contributed by atoms with E-state index in [1.54, 1.807) is 24.1 Å². The third-order valence-corrected chi connectivity index (χ3v) is 3.19. The average molecular weight is 271 g/mol. The lowest BCUT2D eigenvalue weighted by Gasteiger charge is -2.26. The number of halogens is 1. The maximum absolute atomic E-state index is 12.3. The number of aromatic nitrogens is 1. The van der Waals surface area contributed by atoms with Crippen molar-refractivity contribution >= 4 is 23.3 Å². The molecule has 0 aromatic carbocycles. The van der Waals surface area contributed by atoms with Gasteiger partial charge in [0.25, 0.3) is 5.91 Å². The number of nitrogens with zero attached hydrogens (tertiary/aromatic N) is 2. The summed E-state index contributed by atoms with van der Waals surface area (Å²) in [7, 11) is 1.80. The van der Waals surface area contributed by atoms with E-state index in [9.17, 15) is 4.79 Å². The van der Waals surface area contributed by atoms with Crippen LogP contribution in [0.5, 0.6) is 0 Å². The lowest BCUT2D eigenvalue weighted by molar-refractivity contribution is 0.0723. The van der Waals surface area contributed by atoms with Crippen molar-refractivity contribution in [2.45, 2.75) is 32.7 Å². The van der Waals surface area contributed by atoms with Crippen LogP contribution in [0.15, 0.2) is 12.1 Å². The van der Waals surface area contributed by atoms with Crippen molar-refractivity contribution in [3.8, 4) is 0 Å². The van der Waals surface area contributed by atoms with Crippen LogP contribution in [0.1, 0.15) is 37.0 Å². The van der Waals surface area contributed by atoms with Crippen molar-refractivity contribution in [2.75, 3.05) is 12.5 Å². The minimum atomic E-state index is -0.0792. The summed E-state index contributed by atoms with van der Waals surface area (Å²) in [5, 5.41) is 0.242. The zero-order valence-electron chi connectivity index (χ0n) is 10.9. The molecule has 0 bridgehead atoms. The lowest BCUT2D eigenvalue weighted by atomic mass is 10.1. The van der Waals surface area contributed by atoms with Gasteiger partial charge in [0.05, 0.1) is 0 Å². The number of hydrazine groups is 1. The molecule has 100 valence electrons. The molecule has 0 aliphatic carbocycles. The van der Waals surface area contributed by atoms with Crippen molar-refractivity contribution in [3.63, 3.8) is 0 Å². The van der Waals surface area contributed by atoms with Crippen molar-refractivity contribution in [1.82, 2.24) is 9.88 Å². The Kier molecular flexibility index (Phi) is 5.37. The van der Waals surface area contributed by atoms with Gasteiger partial charge in [0.2, 0.25) is 0 Å². The second kappa shape index (κ2) is 6.56. The number of amides is 1. The fourth-order valence-corrected chi connectivity index (χ4v) is 2.11. The van der Waals surface area contributed by atoms with Gasteiger partial charge < -0.3 is 10.3 Å². The second-order valence-electron chi connectivity index (χ2n) is 4.09. The number of nitrogens with one attached hydrogen (secondary N) is 1. The SMILES string of the molecule is CCC(CC)N(C)C(=O)c1cc(Cl)nc(NN)c1. The zero-order valence-corrected chi connectivity index (χ0v) is 11.7. The van der Waals surface area contributed by atoms with Gasteiger partial charge in [0.15, 0.2) is 0 Å². The molecule has 0 aliphatic heterocycles. The first kappa shape index (κ1) is 14.7. The van der Waals surface area contributed by atoms with Crippen LogP contribution < -0.4 is 11.3 Å². The largest absolute Gasteiger partial charge is 0.339 e. The summed E-state index contributed by atoms with van der Waals surface area (Å²) in [4.78, 5) is 18.0. The number of pyridine rings is 1. The maximum atomic E-state index is 12.3. The summed E-state index contributed by atoms with van der Waals surface area (Å²) < 4.78 is 0. The van der Waals surface area contributed by atoms with E-state index in [1.807, 2.05) is 0 Å². The molecule has 5 nitrogen and oxygen atoms in total.